The van der Waals surface area contributed by atoms with Gasteiger partial charge in [-0.2, -0.15) is 0 Å². The summed E-state index contributed by atoms with van der Waals surface area (Å²) in [4.78, 5) is 0. The van der Waals surface area contributed by atoms with E-state index in [1.165, 1.54) is 32.1 Å². The SMILES string of the molecule is CCC(N)C(OC1CCCCC1CC)c1ccc(Cl)cc1. The lowest BCUT2D eigenvalue weighted by Crippen LogP contribution is -2.36. The molecule has 0 radical (unpaired) electrons. The molecule has 0 bridgehead atoms. The second-order valence-corrected chi connectivity index (χ2v) is 6.61. The van der Waals surface area contributed by atoms with Crippen molar-refractivity contribution in [2.75, 3.05) is 0 Å². The van der Waals surface area contributed by atoms with Crippen LogP contribution in [0, 0.1) is 5.92 Å². The first-order valence-electron chi connectivity index (χ1n) is 8.32. The molecule has 4 unspecified atom stereocenters. The van der Waals surface area contributed by atoms with Gasteiger partial charge in [0, 0.05) is 11.1 Å². The van der Waals surface area contributed by atoms with Crippen LogP contribution in [0.15, 0.2) is 24.3 Å². The third-order valence-corrected chi connectivity index (χ3v) is 5.00. The highest BCUT2D eigenvalue weighted by atomic mass is 35.5. The Morgan fingerprint density at radius 2 is 1.86 bits per heavy atom. The van der Waals surface area contributed by atoms with E-state index in [9.17, 15) is 0 Å². The van der Waals surface area contributed by atoms with Crippen LogP contribution >= 0.6 is 11.6 Å². The summed E-state index contributed by atoms with van der Waals surface area (Å²) in [6.45, 7) is 4.39. The molecule has 1 aromatic rings. The van der Waals surface area contributed by atoms with Crippen molar-refractivity contribution in [2.24, 2.45) is 11.7 Å². The van der Waals surface area contributed by atoms with Crippen LogP contribution in [0.4, 0.5) is 0 Å². The molecule has 2 nitrogen and oxygen atoms in total. The van der Waals surface area contributed by atoms with Crippen LogP contribution in [0.3, 0.4) is 0 Å². The van der Waals surface area contributed by atoms with Crippen LogP contribution in [0.2, 0.25) is 5.02 Å². The molecule has 4 atom stereocenters. The third-order valence-electron chi connectivity index (χ3n) is 4.74. The zero-order chi connectivity index (χ0) is 15.2. The van der Waals surface area contributed by atoms with E-state index >= 15 is 0 Å². The minimum absolute atomic E-state index is 0.0237. The van der Waals surface area contributed by atoms with Gasteiger partial charge in [-0.05, 0) is 42.9 Å². The first-order chi connectivity index (χ1) is 10.2. The van der Waals surface area contributed by atoms with Crippen molar-refractivity contribution in [1.82, 2.24) is 0 Å². The highest BCUT2D eigenvalue weighted by Gasteiger charge is 2.29. The van der Waals surface area contributed by atoms with Gasteiger partial charge in [-0.15, -0.1) is 0 Å². The predicted molar refractivity (Wildman–Crippen MR) is 89.6 cm³/mol. The summed E-state index contributed by atoms with van der Waals surface area (Å²) in [5, 5.41) is 0.756. The van der Waals surface area contributed by atoms with Crippen molar-refractivity contribution in [3.63, 3.8) is 0 Å². The summed E-state index contributed by atoms with van der Waals surface area (Å²) in [5.74, 6) is 0.678. The van der Waals surface area contributed by atoms with Crippen LogP contribution in [-0.4, -0.2) is 12.1 Å². The van der Waals surface area contributed by atoms with Gasteiger partial charge in [0.2, 0.25) is 0 Å². The van der Waals surface area contributed by atoms with Gasteiger partial charge in [0.1, 0.15) is 0 Å². The molecule has 21 heavy (non-hydrogen) atoms. The Labute approximate surface area is 134 Å². The Balaban J connectivity index is 2.14. The molecule has 2 rings (SSSR count). The van der Waals surface area contributed by atoms with Gasteiger partial charge in [-0.25, -0.2) is 0 Å². The standard InChI is InChI=1S/C18H28ClNO/c1-3-13-7-5-6-8-17(13)21-18(16(20)4-2)14-9-11-15(19)12-10-14/h9-13,16-18H,3-8,20H2,1-2H3. The molecule has 0 saturated heterocycles. The number of halogens is 1. The fourth-order valence-electron chi connectivity index (χ4n) is 3.30. The zero-order valence-corrected chi connectivity index (χ0v) is 14.0. The second kappa shape index (κ2) is 8.17. The maximum atomic E-state index is 6.51. The number of nitrogens with two attached hydrogens (primary N) is 1. The molecule has 0 aromatic heterocycles. The Kier molecular flexibility index (Phi) is 6.53. The highest BCUT2D eigenvalue weighted by molar-refractivity contribution is 6.30. The van der Waals surface area contributed by atoms with E-state index in [1.807, 2.05) is 24.3 Å². The summed E-state index contributed by atoms with van der Waals surface area (Å²) in [6.07, 6.45) is 7.50. The van der Waals surface area contributed by atoms with Crippen molar-refractivity contribution in [1.29, 1.82) is 0 Å². The Bertz CT molecular complexity index is 420. The quantitative estimate of drug-likeness (QED) is 0.793. The van der Waals surface area contributed by atoms with Crippen LogP contribution in [0.25, 0.3) is 0 Å². The van der Waals surface area contributed by atoms with Gasteiger partial charge in [0.15, 0.2) is 0 Å². The summed E-state index contributed by atoms with van der Waals surface area (Å²) in [7, 11) is 0. The molecular weight excluding hydrogens is 282 g/mol. The molecule has 0 spiro atoms. The van der Waals surface area contributed by atoms with Gasteiger partial charge in [0.25, 0.3) is 0 Å². The average Bonchev–Trinajstić information content (AvgIpc) is 2.53. The lowest BCUT2D eigenvalue weighted by atomic mass is 9.84. The maximum absolute atomic E-state index is 6.51. The number of hydrogen-bond donors (Lipinski definition) is 1. The summed E-state index contributed by atoms with van der Waals surface area (Å²) < 4.78 is 6.51. The number of hydrogen-bond acceptors (Lipinski definition) is 2. The smallest absolute Gasteiger partial charge is 0.0979 e. The van der Waals surface area contributed by atoms with Crippen molar-refractivity contribution in [3.8, 4) is 0 Å². The number of benzene rings is 1. The molecule has 1 aromatic carbocycles. The van der Waals surface area contributed by atoms with Gasteiger partial charge >= 0.3 is 0 Å². The molecule has 118 valence electrons. The first kappa shape index (κ1) is 16.8. The van der Waals surface area contributed by atoms with Crippen molar-refractivity contribution >= 4 is 11.6 Å². The topological polar surface area (TPSA) is 35.2 Å². The van der Waals surface area contributed by atoms with E-state index in [4.69, 9.17) is 22.1 Å². The van der Waals surface area contributed by atoms with Crippen molar-refractivity contribution < 1.29 is 4.74 Å². The molecule has 0 heterocycles. The Morgan fingerprint density at radius 1 is 1.19 bits per heavy atom. The van der Waals surface area contributed by atoms with Crippen molar-refractivity contribution in [2.45, 2.75) is 70.6 Å². The number of ether oxygens (including phenoxy) is 1. The fourth-order valence-corrected chi connectivity index (χ4v) is 3.43. The molecule has 1 aliphatic rings. The summed E-state index contributed by atoms with van der Waals surface area (Å²) in [5.41, 5.74) is 7.48. The van der Waals surface area contributed by atoms with Crippen molar-refractivity contribution in [3.05, 3.63) is 34.9 Å². The summed E-state index contributed by atoms with van der Waals surface area (Å²) in [6, 6.07) is 7.98. The van der Waals surface area contributed by atoms with E-state index < -0.39 is 0 Å². The van der Waals surface area contributed by atoms with Gasteiger partial charge < -0.3 is 10.5 Å². The van der Waals surface area contributed by atoms with E-state index in [1.54, 1.807) is 0 Å². The van der Waals surface area contributed by atoms with Crippen LogP contribution < -0.4 is 5.73 Å². The lowest BCUT2D eigenvalue weighted by Gasteiger charge is -2.36. The van der Waals surface area contributed by atoms with E-state index in [-0.39, 0.29) is 12.1 Å². The molecule has 1 saturated carbocycles. The predicted octanol–water partition coefficient (Wildman–Crippen LogP) is 5.10. The molecule has 0 aliphatic heterocycles. The fraction of sp³-hybridized carbons (Fsp3) is 0.667. The maximum Gasteiger partial charge on any atom is 0.0979 e. The number of rotatable bonds is 6. The van der Waals surface area contributed by atoms with Crippen LogP contribution in [0.5, 0.6) is 0 Å². The van der Waals surface area contributed by atoms with E-state index in [0.29, 0.717) is 12.0 Å². The Hall–Kier alpha value is -0.570. The highest BCUT2D eigenvalue weighted by Crippen LogP contribution is 2.34. The minimum atomic E-state index is -0.0237. The molecular formula is C18H28ClNO. The molecule has 1 fully saturated rings. The van der Waals surface area contributed by atoms with E-state index in [2.05, 4.69) is 13.8 Å². The summed E-state index contributed by atoms with van der Waals surface area (Å²) >= 11 is 6.00. The van der Waals surface area contributed by atoms with Gasteiger partial charge in [-0.1, -0.05) is 56.8 Å². The normalized spacial score (nSPS) is 25.5. The monoisotopic (exact) mass is 309 g/mol. The minimum Gasteiger partial charge on any atom is -0.368 e. The largest absolute Gasteiger partial charge is 0.368 e. The molecule has 3 heteroatoms. The molecule has 0 amide bonds. The second-order valence-electron chi connectivity index (χ2n) is 6.17. The lowest BCUT2D eigenvalue weighted by molar-refractivity contribution is -0.0725. The molecule has 1 aliphatic carbocycles. The van der Waals surface area contributed by atoms with Crippen LogP contribution in [-0.2, 0) is 4.74 Å². The van der Waals surface area contributed by atoms with Gasteiger partial charge in [0.05, 0.1) is 12.2 Å². The van der Waals surface area contributed by atoms with E-state index in [0.717, 1.165) is 17.0 Å². The Morgan fingerprint density at radius 3 is 2.48 bits per heavy atom. The molecule has 2 N–H and O–H groups in total. The van der Waals surface area contributed by atoms with Gasteiger partial charge in [-0.3, -0.25) is 0 Å². The third kappa shape index (κ3) is 4.45. The first-order valence-corrected chi connectivity index (χ1v) is 8.70. The van der Waals surface area contributed by atoms with Crippen LogP contribution in [0.1, 0.15) is 64.0 Å². The zero-order valence-electron chi connectivity index (χ0n) is 13.2. The average molecular weight is 310 g/mol.